The van der Waals surface area contributed by atoms with E-state index in [-0.39, 0.29) is 24.5 Å². The lowest BCUT2D eigenvalue weighted by Crippen LogP contribution is -2.41. The lowest BCUT2D eigenvalue weighted by Gasteiger charge is -2.38. The predicted octanol–water partition coefficient (Wildman–Crippen LogP) is 6.57. The fourth-order valence-electron chi connectivity index (χ4n) is 5.11. The number of hydrogen-bond donors (Lipinski definition) is 0. The summed E-state index contributed by atoms with van der Waals surface area (Å²) in [5, 5.41) is 0.647. The van der Waals surface area contributed by atoms with Crippen molar-refractivity contribution in [2.75, 3.05) is 24.0 Å². The highest BCUT2D eigenvalue weighted by molar-refractivity contribution is 6.30. The molecule has 2 unspecified atom stereocenters. The highest BCUT2D eigenvalue weighted by Gasteiger charge is 2.36. The maximum Gasteiger partial charge on any atom is 0.232 e. The van der Waals surface area contributed by atoms with E-state index in [0.717, 1.165) is 46.7 Å². The van der Waals surface area contributed by atoms with Crippen molar-refractivity contribution in [1.29, 1.82) is 0 Å². The standard InChI is InChI=1S/C32H35ClN4O3/c1-6-21(2)40-30-17-28-23(15-29(30)39-5)16-31(38)37(32(28)22-7-9-24(33)10-8-22)26-13-11-25(12-14-26)35(3)19-27-18-34-20-36(27)4/h7-15,17-18,20-21,32H,6,16,19H2,1-5H3. The van der Waals surface area contributed by atoms with Gasteiger partial charge in [-0.25, -0.2) is 4.98 Å². The predicted molar refractivity (Wildman–Crippen MR) is 160 cm³/mol. The molecule has 0 N–H and O–H groups in total. The van der Waals surface area contributed by atoms with Crippen LogP contribution in [0.15, 0.2) is 73.2 Å². The van der Waals surface area contributed by atoms with Gasteiger partial charge in [-0.15, -0.1) is 0 Å². The molecule has 0 saturated heterocycles. The molecule has 1 amide bonds. The Morgan fingerprint density at radius 3 is 2.45 bits per heavy atom. The molecule has 0 fully saturated rings. The zero-order valence-electron chi connectivity index (χ0n) is 23.6. The van der Waals surface area contributed by atoms with Gasteiger partial charge in [0.1, 0.15) is 0 Å². The van der Waals surface area contributed by atoms with E-state index in [0.29, 0.717) is 16.5 Å². The van der Waals surface area contributed by atoms with Crippen LogP contribution in [0.25, 0.3) is 0 Å². The Morgan fingerprint density at radius 1 is 1.10 bits per heavy atom. The molecule has 0 bridgehead atoms. The van der Waals surface area contributed by atoms with Crippen LogP contribution < -0.4 is 19.3 Å². The topological polar surface area (TPSA) is 59.8 Å². The molecule has 1 aromatic heterocycles. The van der Waals surface area contributed by atoms with Gasteiger partial charge < -0.3 is 23.8 Å². The van der Waals surface area contributed by atoms with Crippen LogP contribution in [0, 0.1) is 0 Å². The Labute approximate surface area is 240 Å². The van der Waals surface area contributed by atoms with Crippen LogP contribution in [-0.2, 0) is 24.8 Å². The number of carbonyl (C=O) groups is 1. The second-order valence-electron chi connectivity index (χ2n) is 10.3. The third-order valence-electron chi connectivity index (χ3n) is 7.56. The molecular formula is C32H35ClN4O3. The zero-order valence-corrected chi connectivity index (χ0v) is 24.4. The molecular weight excluding hydrogens is 524 g/mol. The molecule has 208 valence electrons. The molecule has 2 atom stereocenters. The maximum atomic E-state index is 13.8. The summed E-state index contributed by atoms with van der Waals surface area (Å²) in [7, 11) is 5.67. The number of aromatic nitrogens is 2. The number of rotatable bonds is 9. The number of nitrogens with zero attached hydrogens (tertiary/aromatic N) is 4. The summed E-state index contributed by atoms with van der Waals surface area (Å²) in [6.07, 6.45) is 4.84. The van der Waals surface area contributed by atoms with Crippen LogP contribution in [0.1, 0.15) is 48.7 Å². The van der Waals surface area contributed by atoms with Gasteiger partial charge in [-0.1, -0.05) is 30.7 Å². The van der Waals surface area contributed by atoms with Gasteiger partial charge in [-0.05, 0) is 78.6 Å². The number of methoxy groups -OCH3 is 1. The summed E-state index contributed by atoms with van der Waals surface area (Å²) in [5.41, 5.74) is 5.90. The first kappa shape index (κ1) is 27.6. The third-order valence-corrected chi connectivity index (χ3v) is 7.81. The second kappa shape index (κ2) is 11.6. The molecule has 0 saturated carbocycles. The van der Waals surface area contributed by atoms with Crippen LogP contribution in [0.2, 0.25) is 5.02 Å². The first-order valence-corrected chi connectivity index (χ1v) is 13.9. The first-order valence-electron chi connectivity index (χ1n) is 13.5. The number of anilines is 2. The fourth-order valence-corrected chi connectivity index (χ4v) is 5.24. The van der Waals surface area contributed by atoms with Crippen LogP contribution in [0.3, 0.4) is 0 Å². The molecule has 40 heavy (non-hydrogen) atoms. The molecule has 0 radical (unpaired) electrons. The minimum atomic E-state index is -0.350. The molecule has 7 nitrogen and oxygen atoms in total. The van der Waals surface area contributed by atoms with Gasteiger partial charge in [0.25, 0.3) is 0 Å². The summed E-state index contributed by atoms with van der Waals surface area (Å²) in [4.78, 5) is 22.1. The number of fused-ring (bicyclic) bond motifs is 1. The van der Waals surface area contributed by atoms with Crippen molar-refractivity contribution in [2.45, 2.75) is 45.4 Å². The van der Waals surface area contributed by atoms with Crippen molar-refractivity contribution in [2.24, 2.45) is 7.05 Å². The monoisotopic (exact) mass is 558 g/mol. The summed E-state index contributed by atoms with van der Waals surface area (Å²) in [6, 6.07) is 19.5. The molecule has 0 aliphatic carbocycles. The average molecular weight is 559 g/mol. The number of imidazole rings is 1. The number of benzene rings is 3. The Kier molecular flexibility index (Phi) is 8.03. The summed E-state index contributed by atoms with van der Waals surface area (Å²) in [5.74, 6) is 1.33. The van der Waals surface area contributed by atoms with Gasteiger partial charge in [0.2, 0.25) is 5.91 Å². The maximum absolute atomic E-state index is 13.8. The summed E-state index contributed by atoms with van der Waals surface area (Å²) in [6.45, 7) is 4.85. The van der Waals surface area contributed by atoms with E-state index < -0.39 is 0 Å². The quantitative estimate of drug-likeness (QED) is 0.232. The van der Waals surface area contributed by atoms with E-state index in [1.54, 1.807) is 13.4 Å². The van der Waals surface area contributed by atoms with E-state index in [1.165, 1.54) is 0 Å². The van der Waals surface area contributed by atoms with Gasteiger partial charge >= 0.3 is 0 Å². The smallest absolute Gasteiger partial charge is 0.232 e. The van der Waals surface area contributed by atoms with Crippen molar-refractivity contribution < 1.29 is 14.3 Å². The van der Waals surface area contributed by atoms with E-state index in [2.05, 4.69) is 28.9 Å². The Morgan fingerprint density at radius 2 is 1.82 bits per heavy atom. The number of halogens is 1. The number of aryl methyl sites for hydroxylation is 1. The summed E-state index contributed by atoms with van der Waals surface area (Å²) >= 11 is 6.25. The molecule has 3 aromatic carbocycles. The van der Waals surface area contributed by atoms with Gasteiger partial charge in [-0.2, -0.15) is 0 Å². The van der Waals surface area contributed by atoms with Gasteiger partial charge in [-0.3, -0.25) is 4.79 Å². The fraction of sp³-hybridized carbons (Fsp3) is 0.312. The van der Waals surface area contributed by atoms with E-state index in [9.17, 15) is 4.79 Å². The van der Waals surface area contributed by atoms with E-state index in [1.807, 2.05) is 85.2 Å². The van der Waals surface area contributed by atoms with Crippen molar-refractivity contribution >= 4 is 28.9 Å². The molecule has 5 rings (SSSR count). The van der Waals surface area contributed by atoms with Crippen LogP contribution in [0.4, 0.5) is 11.4 Å². The number of hydrogen-bond acceptors (Lipinski definition) is 5. The SMILES string of the molecule is CCC(C)Oc1cc2c(cc1OC)CC(=O)N(c1ccc(N(C)Cc3cncn3C)cc1)C2c1ccc(Cl)cc1. The molecule has 8 heteroatoms. The number of amides is 1. The minimum Gasteiger partial charge on any atom is -0.493 e. The minimum absolute atomic E-state index is 0.0149. The zero-order chi connectivity index (χ0) is 28.4. The van der Waals surface area contributed by atoms with Crippen LogP contribution >= 0.6 is 11.6 Å². The first-order chi connectivity index (χ1) is 19.3. The van der Waals surface area contributed by atoms with Crippen LogP contribution in [0.5, 0.6) is 11.5 Å². The third kappa shape index (κ3) is 5.52. The van der Waals surface area contributed by atoms with Gasteiger partial charge in [0, 0.05) is 36.7 Å². The second-order valence-corrected chi connectivity index (χ2v) is 10.7. The van der Waals surface area contributed by atoms with Crippen molar-refractivity contribution in [1.82, 2.24) is 9.55 Å². The highest BCUT2D eigenvalue weighted by atomic mass is 35.5. The highest BCUT2D eigenvalue weighted by Crippen LogP contribution is 2.44. The van der Waals surface area contributed by atoms with Crippen molar-refractivity contribution in [3.63, 3.8) is 0 Å². The Bertz CT molecular complexity index is 1480. The molecule has 2 heterocycles. The van der Waals surface area contributed by atoms with Gasteiger partial charge in [0.15, 0.2) is 11.5 Å². The average Bonchev–Trinajstić information content (AvgIpc) is 3.36. The summed E-state index contributed by atoms with van der Waals surface area (Å²) < 4.78 is 13.9. The van der Waals surface area contributed by atoms with Gasteiger partial charge in [0.05, 0.1) is 44.2 Å². The van der Waals surface area contributed by atoms with Crippen molar-refractivity contribution in [3.05, 3.63) is 101 Å². The molecule has 0 spiro atoms. The largest absolute Gasteiger partial charge is 0.493 e. The van der Waals surface area contributed by atoms with E-state index in [4.69, 9.17) is 21.1 Å². The normalized spacial score (nSPS) is 15.5. The number of ether oxygens (including phenoxy) is 2. The Balaban J connectivity index is 1.55. The number of carbonyl (C=O) groups excluding carboxylic acids is 1. The van der Waals surface area contributed by atoms with Crippen molar-refractivity contribution in [3.8, 4) is 11.5 Å². The Hall–Kier alpha value is -3.97. The lowest BCUT2D eigenvalue weighted by atomic mass is 9.86. The molecule has 1 aliphatic heterocycles. The lowest BCUT2D eigenvalue weighted by molar-refractivity contribution is -0.118. The van der Waals surface area contributed by atoms with Crippen LogP contribution in [-0.4, -0.2) is 35.7 Å². The molecule has 1 aliphatic rings. The molecule has 4 aromatic rings. The van der Waals surface area contributed by atoms with E-state index >= 15 is 0 Å².